The third-order valence-electron chi connectivity index (χ3n) is 6.04. The highest BCUT2D eigenvalue weighted by Gasteiger charge is 2.30. The molecule has 0 spiro atoms. The lowest BCUT2D eigenvalue weighted by atomic mass is 9.71. The number of amides is 1. The molecule has 1 aliphatic rings. The van der Waals surface area contributed by atoms with Gasteiger partial charge in [-0.25, -0.2) is 15.0 Å². The number of hydrogen-bond donors (Lipinski definition) is 2. The molecule has 2 atom stereocenters. The maximum Gasteiger partial charge on any atom is 0.280 e. The van der Waals surface area contributed by atoms with Crippen molar-refractivity contribution in [1.29, 1.82) is 0 Å². The van der Waals surface area contributed by atoms with E-state index in [4.69, 9.17) is 16.6 Å². The van der Waals surface area contributed by atoms with Crippen LogP contribution in [0.1, 0.15) is 66.3 Å². The topological polar surface area (TPSA) is 88.0 Å². The lowest BCUT2D eigenvalue weighted by Gasteiger charge is -2.34. The maximum absolute atomic E-state index is 12.9. The Morgan fingerprint density at radius 2 is 2.16 bits per heavy atom. The third-order valence-corrected chi connectivity index (χ3v) is 7.23. The fraction of sp³-hybridized carbons (Fsp3) is 0.478. The molecule has 3 aromatic rings. The molecule has 0 saturated heterocycles. The van der Waals surface area contributed by atoms with Gasteiger partial charge in [0.1, 0.15) is 15.5 Å². The first kappa shape index (κ1) is 22.1. The van der Waals surface area contributed by atoms with Crippen LogP contribution in [0.25, 0.3) is 10.3 Å². The van der Waals surface area contributed by atoms with E-state index < -0.39 is 0 Å². The molecule has 3 aromatic heterocycles. The molecular formula is C23H27ClN4O2S. The molecule has 1 aliphatic carbocycles. The monoisotopic (exact) mass is 458 g/mol. The second-order valence-corrected chi connectivity index (χ2v) is 10.6. The van der Waals surface area contributed by atoms with Gasteiger partial charge in [0, 0.05) is 18.5 Å². The zero-order valence-corrected chi connectivity index (χ0v) is 19.6. The first-order chi connectivity index (χ1) is 14.7. The number of carbonyl (C=O) groups excluding carboxylic acids is 1. The van der Waals surface area contributed by atoms with Gasteiger partial charge in [-0.3, -0.25) is 4.79 Å². The summed E-state index contributed by atoms with van der Waals surface area (Å²) in [6.07, 6.45) is 5.10. The number of hydrogen-bond acceptors (Lipinski definition) is 6. The summed E-state index contributed by atoms with van der Waals surface area (Å²) < 4.78 is 0. The Balaban J connectivity index is 1.56. The summed E-state index contributed by atoms with van der Waals surface area (Å²) in [4.78, 5) is 27.2. The fourth-order valence-corrected chi connectivity index (χ4v) is 5.07. The van der Waals surface area contributed by atoms with E-state index in [0.29, 0.717) is 22.5 Å². The van der Waals surface area contributed by atoms with Crippen molar-refractivity contribution in [3.63, 3.8) is 0 Å². The van der Waals surface area contributed by atoms with E-state index in [2.05, 4.69) is 42.1 Å². The van der Waals surface area contributed by atoms with Gasteiger partial charge in [-0.05, 0) is 60.3 Å². The average molecular weight is 459 g/mol. The van der Waals surface area contributed by atoms with Gasteiger partial charge in [0.15, 0.2) is 5.01 Å². The number of aryl methyl sites for hydroxylation is 1. The molecule has 31 heavy (non-hydrogen) atoms. The van der Waals surface area contributed by atoms with Crippen LogP contribution >= 0.6 is 22.9 Å². The SMILES string of the molecule is CC(C)(C)[C@H]1CCc2nc3sc(C(=O)N[C@H](CCO)c4ccc(Cl)nc4)nc3cc2C1. The number of aromatic nitrogens is 3. The number of nitrogens with zero attached hydrogens (tertiary/aromatic N) is 3. The van der Waals surface area contributed by atoms with Crippen LogP contribution in [0, 0.1) is 11.3 Å². The molecule has 0 bridgehead atoms. The Morgan fingerprint density at radius 3 is 2.84 bits per heavy atom. The Morgan fingerprint density at radius 1 is 1.35 bits per heavy atom. The molecular weight excluding hydrogens is 432 g/mol. The molecule has 2 N–H and O–H groups in total. The summed E-state index contributed by atoms with van der Waals surface area (Å²) >= 11 is 7.17. The molecule has 6 nitrogen and oxygen atoms in total. The van der Waals surface area contributed by atoms with Crippen LogP contribution in [-0.2, 0) is 12.8 Å². The number of carbonyl (C=O) groups is 1. The van der Waals surface area contributed by atoms with Gasteiger partial charge in [0.25, 0.3) is 5.91 Å². The highest BCUT2D eigenvalue weighted by molar-refractivity contribution is 7.19. The highest BCUT2D eigenvalue weighted by atomic mass is 35.5. The largest absolute Gasteiger partial charge is 0.396 e. The van der Waals surface area contributed by atoms with Crippen LogP contribution in [-0.4, -0.2) is 32.6 Å². The zero-order valence-electron chi connectivity index (χ0n) is 18.0. The lowest BCUT2D eigenvalue weighted by Crippen LogP contribution is -2.29. The van der Waals surface area contributed by atoms with E-state index in [9.17, 15) is 9.90 Å². The number of fused-ring (bicyclic) bond motifs is 2. The second kappa shape index (κ2) is 8.81. The summed E-state index contributed by atoms with van der Waals surface area (Å²) in [5.74, 6) is 0.342. The predicted molar refractivity (Wildman–Crippen MR) is 124 cm³/mol. The molecule has 0 unspecified atom stereocenters. The standard InChI is InChI=1S/C23H27ClN4O2S/c1-23(2,3)15-5-6-16-14(10-15)11-18-21(27-16)31-22(28-18)20(30)26-17(8-9-29)13-4-7-19(24)25-12-13/h4,7,11-12,15,17,29H,5-6,8-10H2,1-3H3,(H,26,30)/t15-,17+/m0/s1. The maximum atomic E-state index is 12.9. The molecule has 164 valence electrons. The minimum Gasteiger partial charge on any atom is -0.396 e. The van der Waals surface area contributed by atoms with E-state index in [1.54, 1.807) is 18.3 Å². The Kier molecular flexibility index (Phi) is 6.28. The lowest BCUT2D eigenvalue weighted by molar-refractivity contribution is 0.0929. The van der Waals surface area contributed by atoms with Gasteiger partial charge >= 0.3 is 0 Å². The van der Waals surface area contributed by atoms with Crippen molar-refractivity contribution in [3.8, 4) is 0 Å². The normalized spacial score (nSPS) is 17.4. The summed E-state index contributed by atoms with van der Waals surface area (Å²) in [6, 6.07) is 5.21. The molecule has 0 aromatic carbocycles. The van der Waals surface area contributed by atoms with Crippen LogP contribution in [0.15, 0.2) is 24.4 Å². The average Bonchev–Trinajstić information content (AvgIpc) is 3.14. The summed E-state index contributed by atoms with van der Waals surface area (Å²) in [6.45, 7) is 6.81. The summed E-state index contributed by atoms with van der Waals surface area (Å²) in [5, 5.41) is 13.2. The van der Waals surface area contributed by atoms with Crippen LogP contribution < -0.4 is 5.32 Å². The number of nitrogens with one attached hydrogen (secondary N) is 1. The number of aliphatic hydroxyl groups is 1. The molecule has 0 aliphatic heterocycles. The third kappa shape index (κ3) is 4.89. The van der Waals surface area contributed by atoms with Gasteiger partial charge in [0.2, 0.25) is 0 Å². The predicted octanol–water partition coefficient (Wildman–Crippen LogP) is 4.74. The van der Waals surface area contributed by atoms with Crippen molar-refractivity contribution in [3.05, 3.63) is 51.4 Å². The number of thiazole rings is 1. The highest BCUT2D eigenvalue weighted by Crippen LogP contribution is 2.38. The van der Waals surface area contributed by atoms with E-state index in [0.717, 1.165) is 40.9 Å². The zero-order chi connectivity index (χ0) is 22.2. The molecule has 0 saturated carbocycles. The molecule has 3 heterocycles. The van der Waals surface area contributed by atoms with Gasteiger partial charge < -0.3 is 10.4 Å². The molecule has 4 rings (SSSR count). The van der Waals surface area contributed by atoms with Crippen LogP contribution in [0.5, 0.6) is 0 Å². The van der Waals surface area contributed by atoms with Gasteiger partial charge in [-0.1, -0.05) is 49.8 Å². The molecule has 8 heteroatoms. The fourth-order valence-electron chi connectivity index (χ4n) is 4.11. The molecule has 0 fully saturated rings. The minimum absolute atomic E-state index is 0.0589. The van der Waals surface area contributed by atoms with Gasteiger partial charge in [-0.15, -0.1) is 0 Å². The van der Waals surface area contributed by atoms with E-state index >= 15 is 0 Å². The smallest absolute Gasteiger partial charge is 0.280 e. The van der Waals surface area contributed by atoms with Gasteiger partial charge in [0.05, 0.1) is 6.04 Å². The van der Waals surface area contributed by atoms with Gasteiger partial charge in [-0.2, -0.15) is 0 Å². The van der Waals surface area contributed by atoms with Crippen molar-refractivity contribution in [2.75, 3.05) is 6.61 Å². The number of rotatable bonds is 5. The number of pyridine rings is 2. The van der Waals surface area contributed by atoms with Crippen molar-refractivity contribution in [2.45, 2.75) is 52.5 Å². The van der Waals surface area contributed by atoms with Crippen molar-refractivity contribution >= 4 is 39.2 Å². The van der Waals surface area contributed by atoms with Crippen molar-refractivity contribution in [2.24, 2.45) is 11.3 Å². The molecule has 1 amide bonds. The number of halogens is 1. The number of aliphatic hydroxyl groups excluding tert-OH is 1. The first-order valence-electron chi connectivity index (χ1n) is 10.6. The Bertz CT molecular complexity index is 1090. The minimum atomic E-state index is -0.372. The van der Waals surface area contributed by atoms with Crippen LogP contribution in [0.2, 0.25) is 5.15 Å². The van der Waals surface area contributed by atoms with Crippen LogP contribution in [0.3, 0.4) is 0 Å². The quantitative estimate of drug-likeness (QED) is 0.539. The first-order valence-corrected chi connectivity index (χ1v) is 11.8. The second-order valence-electron chi connectivity index (χ2n) is 9.20. The summed E-state index contributed by atoms with van der Waals surface area (Å²) in [5.41, 5.74) is 4.21. The van der Waals surface area contributed by atoms with E-state index in [-0.39, 0.29) is 24.0 Å². The Labute approximate surface area is 191 Å². The van der Waals surface area contributed by atoms with Crippen molar-refractivity contribution < 1.29 is 9.90 Å². The Hall–Kier alpha value is -2.09. The summed E-state index contributed by atoms with van der Waals surface area (Å²) in [7, 11) is 0. The van der Waals surface area contributed by atoms with E-state index in [1.807, 2.05) is 0 Å². The molecule has 0 radical (unpaired) electrons. The van der Waals surface area contributed by atoms with Crippen molar-refractivity contribution in [1.82, 2.24) is 20.3 Å². The van der Waals surface area contributed by atoms with Crippen LogP contribution in [0.4, 0.5) is 0 Å². The van der Waals surface area contributed by atoms with E-state index in [1.165, 1.54) is 16.9 Å².